The summed E-state index contributed by atoms with van der Waals surface area (Å²) in [7, 11) is 0. The van der Waals surface area contributed by atoms with E-state index in [9.17, 15) is 9.59 Å². The number of anilines is 1. The van der Waals surface area contributed by atoms with E-state index in [4.69, 9.17) is 9.72 Å². The van der Waals surface area contributed by atoms with Gasteiger partial charge in [0.15, 0.2) is 5.16 Å². The predicted molar refractivity (Wildman–Crippen MR) is 146 cm³/mol. The third kappa shape index (κ3) is 5.49. The molecule has 0 aliphatic carbocycles. The topological polar surface area (TPSA) is 73.2 Å². The fraction of sp³-hybridized carbons (Fsp3) is 0.222. The molecule has 1 N–H and O–H groups in total. The minimum atomic E-state index is -0.474. The van der Waals surface area contributed by atoms with Crippen LogP contribution in [0.15, 0.2) is 76.5 Å². The Morgan fingerprint density at radius 1 is 1.23 bits per heavy atom. The maximum atomic E-state index is 13.5. The van der Waals surface area contributed by atoms with Crippen molar-refractivity contribution in [2.24, 2.45) is 0 Å². The summed E-state index contributed by atoms with van der Waals surface area (Å²) in [6, 6.07) is 15.3. The zero-order valence-corrected chi connectivity index (χ0v) is 21.5. The zero-order valence-electron chi connectivity index (χ0n) is 19.9. The molecule has 2 aromatic carbocycles. The number of hydrogen-bond acceptors (Lipinski definition) is 6. The number of thioether (sulfide) groups is 1. The highest BCUT2D eigenvalue weighted by molar-refractivity contribution is 8.00. The van der Waals surface area contributed by atoms with Crippen LogP contribution < -0.4 is 15.6 Å². The van der Waals surface area contributed by atoms with E-state index in [-0.39, 0.29) is 11.5 Å². The molecule has 0 aliphatic rings. The van der Waals surface area contributed by atoms with E-state index in [1.807, 2.05) is 55.6 Å². The van der Waals surface area contributed by atoms with E-state index in [2.05, 4.69) is 11.9 Å². The van der Waals surface area contributed by atoms with Gasteiger partial charge in [-0.05, 0) is 50.6 Å². The number of aromatic nitrogens is 2. The monoisotopic (exact) mass is 505 g/mol. The van der Waals surface area contributed by atoms with Crippen molar-refractivity contribution in [2.75, 3.05) is 11.9 Å². The second kappa shape index (κ2) is 10.9. The van der Waals surface area contributed by atoms with Gasteiger partial charge < -0.3 is 10.1 Å². The van der Waals surface area contributed by atoms with Gasteiger partial charge in [0.1, 0.15) is 10.6 Å². The van der Waals surface area contributed by atoms with Crippen molar-refractivity contribution in [1.29, 1.82) is 0 Å². The van der Waals surface area contributed by atoms with E-state index in [0.29, 0.717) is 34.2 Å². The van der Waals surface area contributed by atoms with Gasteiger partial charge in [0.2, 0.25) is 5.91 Å². The molecule has 1 atom stereocenters. The van der Waals surface area contributed by atoms with Crippen LogP contribution in [-0.4, -0.2) is 27.3 Å². The zero-order chi connectivity index (χ0) is 24.9. The first-order valence-electron chi connectivity index (χ1n) is 11.3. The third-order valence-electron chi connectivity index (χ3n) is 5.42. The molecule has 0 bridgehead atoms. The summed E-state index contributed by atoms with van der Waals surface area (Å²) in [5.74, 6) is 0.574. The molecule has 180 valence electrons. The Balaban J connectivity index is 1.61. The lowest BCUT2D eigenvalue weighted by Gasteiger charge is -2.15. The molecule has 2 heterocycles. The first kappa shape index (κ1) is 24.8. The average Bonchev–Trinajstić information content (AvgIpc) is 3.27. The number of hydrogen-bond donors (Lipinski definition) is 1. The molecule has 35 heavy (non-hydrogen) atoms. The molecule has 1 unspecified atom stereocenters. The lowest BCUT2D eigenvalue weighted by atomic mass is 10.1. The molecule has 0 saturated carbocycles. The SMILES string of the molecule is C=CCn1c(SC(C)C(=O)Nc2ccc(OCC)cc2)nc2scc(-c3ccc(C)cc3)c2c1=O. The Morgan fingerprint density at radius 2 is 1.94 bits per heavy atom. The number of carbonyl (C=O) groups excluding carboxylic acids is 1. The van der Waals surface area contributed by atoms with Gasteiger partial charge >= 0.3 is 0 Å². The van der Waals surface area contributed by atoms with Crippen molar-refractivity contribution < 1.29 is 9.53 Å². The van der Waals surface area contributed by atoms with E-state index in [1.54, 1.807) is 29.7 Å². The smallest absolute Gasteiger partial charge is 0.263 e. The van der Waals surface area contributed by atoms with Crippen LogP contribution >= 0.6 is 23.1 Å². The fourth-order valence-electron chi connectivity index (χ4n) is 3.59. The maximum Gasteiger partial charge on any atom is 0.263 e. The number of ether oxygens (including phenoxy) is 1. The quantitative estimate of drug-likeness (QED) is 0.168. The van der Waals surface area contributed by atoms with Gasteiger partial charge in [0.25, 0.3) is 5.56 Å². The Labute approximate surface area is 212 Å². The van der Waals surface area contributed by atoms with E-state index in [0.717, 1.165) is 22.4 Å². The molecule has 8 heteroatoms. The van der Waals surface area contributed by atoms with Gasteiger partial charge in [-0.3, -0.25) is 14.2 Å². The molecule has 4 aromatic rings. The number of nitrogens with zero attached hydrogens (tertiary/aromatic N) is 2. The number of carbonyl (C=O) groups is 1. The van der Waals surface area contributed by atoms with Gasteiger partial charge in [-0.2, -0.15) is 0 Å². The van der Waals surface area contributed by atoms with Crippen molar-refractivity contribution in [2.45, 2.75) is 37.7 Å². The highest BCUT2D eigenvalue weighted by Crippen LogP contribution is 2.33. The number of aryl methyl sites for hydroxylation is 1. The maximum absolute atomic E-state index is 13.5. The Bertz CT molecular complexity index is 1410. The van der Waals surface area contributed by atoms with Crippen LogP contribution in [0.5, 0.6) is 5.75 Å². The standard InChI is InChI=1S/C27H27N3O3S2/c1-5-15-30-26(32)23-22(19-9-7-17(3)8-10-19)16-34-25(23)29-27(30)35-18(4)24(31)28-20-11-13-21(14-12-20)33-6-2/h5,7-14,16,18H,1,6,15H2,2-4H3,(H,28,31). The lowest BCUT2D eigenvalue weighted by molar-refractivity contribution is -0.115. The fourth-order valence-corrected chi connectivity index (χ4v) is 5.49. The molecule has 4 rings (SSSR count). The van der Waals surface area contributed by atoms with E-state index < -0.39 is 5.25 Å². The number of nitrogens with one attached hydrogen (secondary N) is 1. The van der Waals surface area contributed by atoms with Crippen molar-refractivity contribution in [1.82, 2.24) is 9.55 Å². The molecule has 0 fully saturated rings. The molecule has 0 radical (unpaired) electrons. The summed E-state index contributed by atoms with van der Waals surface area (Å²) in [4.78, 5) is 31.9. The van der Waals surface area contributed by atoms with Crippen LogP contribution in [0.2, 0.25) is 0 Å². The van der Waals surface area contributed by atoms with Gasteiger partial charge in [0, 0.05) is 23.2 Å². The van der Waals surface area contributed by atoms with Crippen LogP contribution in [0, 0.1) is 6.92 Å². The normalized spacial score (nSPS) is 11.9. The molecule has 1 amide bonds. The number of thiophene rings is 1. The molecule has 0 aliphatic heterocycles. The van der Waals surface area contributed by atoms with Crippen LogP contribution in [0.3, 0.4) is 0 Å². The predicted octanol–water partition coefficient (Wildman–Crippen LogP) is 6.14. The highest BCUT2D eigenvalue weighted by atomic mass is 32.2. The minimum Gasteiger partial charge on any atom is -0.494 e. The summed E-state index contributed by atoms with van der Waals surface area (Å²) in [5, 5.41) is 5.50. The lowest BCUT2D eigenvalue weighted by Crippen LogP contribution is -2.26. The van der Waals surface area contributed by atoms with Crippen molar-refractivity contribution in [3.8, 4) is 16.9 Å². The average molecular weight is 506 g/mol. The Morgan fingerprint density at radius 3 is 2.60 bits per heavy atom. The van der Waals surface area contributed by atoms with Crippen LogP contribution in [-0.2, 0) is 11.3 Å². The van der Waals surface area contributed by atoms with Gasteiger partial charge in [-0.1, -0.05) is 47.7 Å². The Kier molecular flexibility index (Phi) is 7.73. The molecule has 0 saturated heterocycles. The van der Waals surface area contributed by atoms with Crippen molar-refractivity contribution >= 4 is 44.9 Å². The third-order valence-corrected chi connectivity index (χ3v) is 7.38. The number of allylic oxidation sites excluding steroid dienone is 1. The second-order valence-electron chi connectivity index (χ2n) is 8.00. The van der Waals surface area contributed by atoms with Gasteiger partial charge in [-0.25, -0.2) is 4.98 Å². The van der Waals surface area contributed by atoms with Crippen LogP contribution in [0.1, 0.15) is 19.4 Å². The van der Waals surface area contributed by atoms with Gasteiger partial charge in [-0.15, -0.1) is 17.9 Å². The van der Waals surface area contributed by atoms with Crippen LogP contribution in [0.4, 0.5) is 5.69 Å². The first-order valence-corrected chi connectivity index (χ1v) is 13.1. The number of rotatable bonds is 9. The van der Waals surface area contributed by atoms with Gasteiger partial charge in [0.05, 0.1) is 17.2 Å². The molecule has 0 spiro atoms. The number of fused-ring (bicyclic) bond motifs is 1. The summed E-state index contributed by atoms with van der Waals surface area (Å²) in [6.07, 6.45) is 1.67. The molecular weight excluding hydrogens is 478 g/mol. The highest BCUT2D eigenvalue weighted by Gasteiger charge is 2.21. The molecular formula is C27H27N3O3S2. The van der Waals surface area contributed by atoms with Crippen molar-refractivity contribution in [3.05, 3.63) is 82.5 Å². The molecule has 6 nitrogen and oxygen atoms in total. The largest absolute Gasteiger partial charge is 0.494 e. The molecule has 2 aromatic heterocycles. The van der Waals surface area contributed by atoms with Crippen LogP contribution in [0.25, 0.3) is 21.3 Å². The summed E-state index contributed by atoms with van der Waals surface area (Å²) >= 11 is 2.69. The first-order chi connectivity index (χ1) is 16.9. The summed E-state index contributed by atoms with van der Waals surface area (Å²) < 4.78 is 7.03. The Hall–Kier alpha value is -3.36. The van der Waals surface area contributed by atoms with Crippen molar-refractivity contribution in [3.63, 3.8) is 0 Å². The number of benzene rings is 2. The summed E-state index contributed by atoms with van der Waals surface area (Å²) in [5.41, 5.74) is 3.56. The number of amides is 1. The summed E-state index contributed by atoms with van der Waals surface area (Å²) in [6.45, 7) is 10.4. The minimum absolute atomic E-state index is 0.131. The van der Waals surface area contributed by atoms with E-state index in [1.165, 1.54) is 23.1 Å². The van der Waals surface area contributed by atoms with E-state index >= 15 is 0 Å². The second-order valence-corrected chi connectivity index (χ2v) is 10.2.